The molecule has 3 nitrogen and oxygen atoms in total. The Morgan fingerprint density at radius 2 is 1.47 bits per heavy atom. The van der Waals surface area contributed by atoms with Crippen molar-refractivity contribution in [2.75, 3.05) is 0 Å². The Kier molecular flexibility index (Phi) is 2.79. The summed E-state index contributed by atoms with van der Waals surface area (Å²) in [6, 6.07) is 14.6. The SMILES string of the molecule is Clc1ccc(OP2Oc3ccccc3O2)cc1. The van der Waals surface area contributed by atoms with Crippen LogP contribution in [0, 0.1) is 0 Å². The zero-order valence-corrected chi connectivity index (χ0v) is 10.3. The summed E-state index contributed by atoms with van der Waals surface area (Å²) in [5.41, 5.74) is 0. The highest BCUT2D eigenvalue weighted by atomic mass is 35.5. The van der Waals surface area contributed by atoms with E-state index in [2.05, 4.69) is 0 Å². The molecule has 86 valence electrons. The van der Waals surface area contributed by atoms with Gasteiger partial charge in [-0.3, -0.25) is 0 Å². The van der Waals surface area contributed by atoms with Crippen LogP contribution in [0.5, 0.6) is 17.2 Å². The maximum absolute atomic E-state index is 5.79. The van der Waals surface area contributed by atoms with E-state index in [0.717, 1.165) is 0 Å². The molecular formula is C12H8ClO3P. The van der Waals surface area contributed by atoms with Gasteiger partial charge >= 0.3 is 8.60 Å². The van der Waals surface area contributed by atoms with Gasteiger partial charge in [-0.2, -0.15) is 0 Å². The molecule has 1 aliphatic heterocycles. The molecule has 5 heteroatoms. The first-order valence-electron chi connectivity index (χ1n) is 5.00. The predicted molar refractivity (Wildman–Crippen MR) is 66.7 cm³/mol. The molecule has 0 N–H and O–H groups in total. The second-order valence-electron chi connectivity index (χ2n) is 3.40. The summed E-state index contributed by atoms with van der Waals surface area (Å²) >= 11 is 5.79. The Morgan fingerprint density at radius 3 is 2.06 bits per heavy atom. The van der Waals surface area contributed by atoms with Crippen molar-refractivity contribution < 1.29 is 13.6 Å². The molecule has 0 aliphatic carbocycles. The van der Waals surface area contributed by atoms with Crippen LogP contribution >= 0.6 is 20.2 Å². The summed E-state index contributed by atoms with van der Waals surface area (Å²) in [7, 11) is -1.40. The van der Waals surface area contributed by atoms with Crippen molar-refractivity contribution in [3.05, 3.63) is 53.6 Å². The highest BCUT2D eigenvalue weighted by molar-refractivity contribution is 7.43. The summed E-state index contributed by atoms with van der Waals surface area (Å²) in [4.78, 5) is 0. The number of para-hydroxylation sites is 2. The minimum Gasteiger partial charge on any atom is -0.409 e. The van der Waals surface area contributed by atoms with Crippen LogP contribution in [0.15, 0.2) is 48.5 Å². The molecule has 1 aliphatic rings. The van der Waals surface area contributed by atoms with Crippen LogP contribution in [0.4, 0.5) is 0 Å². The third-order valence-corrected chi connectivity index (χ3v) is 3.49. The monoisotopic (exact) mass is 266 g/mol. The number of halogens is 1. The first-order valence-corrected chi connectivity index (χ1v) is 6.47. The Labute approximate surface area is 105 Å². The van der Waals surface area contributed by atoms with Crippen molar-refractivity contribution in [2.45, 2.75) is 0 Å². The largest absolute Gasteiger partial charge is 0.530 e. The third kappa shape index (κ3) is 2.31. The zero-order chi connectivity index (χ0) is 11.7. The molecule has 0 bridgehead atoms. The van der Waals surface area contributed by atoms with Crippen LogP contribution in [0.25, 0.3) is 0 Å². The summed E-state index contributed by atoms with van der Waals surface area (Å²) in [5, 5.41) is 0.668. The molecule has 0 amide bonds. The average molecular weight is 267 g/mol. The number of hydrogen-bond acceptors (Lipinski definition) is 3. The van der Waals surface area contributed by atoms with Crippen LogP contribution < -0.4 is 13.6 Å². The van der Waals surface area contributed by atoms with E-state index in [-0.39, 0.29) is 0 Å². The van der Waals surface area contributed by atoms with Crippen molar-refractivity contribution in [1.29, 1.82) is 0 Å². The smallest absolute Gasteiger partial charge is 0.409 e. The van der Waals surface area contributed by atoms with Gasteiger partial charge in [-0.05, 0) is 36.4 Å². The predicted octanol–water partition coefficient (Wildman–Crippen LogP) is 4.42. The molecule has 0 radical (unpaired) electrons. The van der Waals surface area contributed by atoms with E-state index in [1.54, 1.807) is 24.3 Å². The molecule has 0 aromatic heterocycles. The molecule has 3 rings (SSSR count). The number of rotatable bonds is 2. The Morgan fingerprint density at radius 1 is 0.882 bits per heavy atom. The lowest BCUT2D eigenvalue weighted by Crippen LogP contribution is -1.94. The highest BCUT2D eigenvalue weighted by Crippen LogP contribution is 2.52. The van der Waals surface area contributed by atoms with Gasteiger partial charge in [0.2, 0.25) is 0 Å². The van der Waals surface area contributed by atoms with Gasteiger partial charge in [-0.15, -0.1) is 0 Å². The molecule has 2 aromatic rings. The minimum absolute atomic E-state index is 0.668. The van der Waals surface area contributed by atoms with Crippen molar-refractivity contribution in [3.8, 4) is 17.2 Å². The van der Waals surface area contributed by atoms with Gasteiger partial charge in [0.25, 0.3) is 0 Å². The van der Waals surface area contributed by atoms with E-state index in [1.807, 2.05) is 24.3 Å². The van der Waals surface area contributed by atoms with Crippen molar-refractivity contribution in [3.63, 3.8) is 0 Å². The normalized spacial score (nSPS) is 13.7. The maximum atomic E-state index is 5.79. The fourth-order valence-corrected chi connectivity index (χ4v) is 2.55. The van der Waals surface area contributed by atoms with Crippen LogP contribution in [0.1, 0.15) is 0 Å². The number of benzene rings is 2. The summed E-state index contributed by atoms with van der Waals surface area (Å²) in [6.45, 7) is 0. The second kappa shape index (κ2) is 4.44. The van der Waals surface area contributed by atoms with Crippen LogP contribution in [0.2, 0.25) is 5.02 Å². The Bertz CT molecular complexity index is 505. The Hall–Kier alpha value is -1.44. The standard InChI is InChI=1S/C12H8ClO3P/c13-9-5-7-10(8-6-9)14-17-15-11-3-1-2-4-12(11)16-17/h1-8H. The van der Waals surface area contributed by atoms with Crippen LogP contribution in [0.3, 0.4) is 0 Å². The average Bonchev–Trinajstić information content (AvgIpc) is 2.74. The van der Waals surface area contributed by atoms with Gasteiger partial charge in [0.05, 0.1) is 0 Å². The maximum Gasteiger partial charge on any atom is 0.530 e. The lowest BCUT2D eigenvalue weighted by molar-refractivity contribution is 0.435. The molecule has 0 spiro atoms. The van der Waals surface area contributed by atoms with Crippen molar-refractivity contribution in [2.24, 2.45) is 0 Å². The van der Waals surface area contributed by atoms with Crippen molar-refractivity contribution in [1.82, 2.24) is 0 Å². The second-order valence-corrected chi connectivity index (χ2v) is 4.83. The van der Waals surface area contributed by atoms with E-state index < -0.39 is 8.60 Å². The summed E-state index contributed by atoms with van der Waals surface area (Å²) in [5.74, 6) is 2.11. The van der Waals surface area contributed by atoms with Crippen molar-refractivity contribution >= 4 is 20.2 Å². The summed E-state index contributed by atoms with van der Waals surface area (Å²) in [6.07, 6.45) is 0. The molecule has 17 heavy (non-hydrogen) atoms. The molecule has 0 saturated heterocycles. The van der Waals surface area contributed by atoms with Gasteiger partial charge in [-0.1, -0.05) is 23.7 Å². The van der Waals surface area contributed by atoms with Gasteiger partial charge < -0.3 is 13.6 Å². The summed E-state index contributed by atoms with van der Waals surface area (Å²) < 4.78 is 16.6. The molecule has 0 fully saturated rings. The van der Waals surface area contributed by atoms with Gasteiger partial charge in [-0.25, -0.2) is 0 Å². The highest BCUT2D eigenvalue weighted by Gasteiger charge is 2.29. The fraction of sp³-hybridized carbons (Fsp3) is 0. The molecular weight excluding hydrogens is 259 g/mol. The topological polar surface area (TPSA) is 27.7 Å². The van der Waals surface area contributed by atoms with Crippen LogP contribution in [-0.2, 0) is 0 Å². The quantitative estimate of drug-likeness (QED) is 0.753. The van der Waals surface area contributed by atoms with E-state index in [9.17, 15) is 0 Å². The van der Waals surface area contributed by atoms with E-state index >= 15 is 0 Å². The molecule has 2 aromatic carbocycles. The zero-order valence-electron chi connectivity index (χ0n) is 8.67. The van der Waals surface area contributed by atoms with E-state index in [1.165, 1.54) is 0 Å². The fourth-order valence-electron chi connectivity index (χ4n) is 1.40. The molecule has 1 heterocycles. The van der Waals surface area contributed by atoms with Gasteiger partial charge in [0.1, 0.15) is 5.75 Å². The van der Waals surface area contributed by atoms with Gasteiger partial charge in [0.15, 0.2) is 11.5 Å². The first-order chi connectivity index (χ1) is 8.31. The molecule has 0 unspecified atom stereocenters. The number of hydrogen-bond donors (Lipinski definition) is 0. The van der Waals surface area contributed by atoms with Gasteiger partial charge in [0, 0.05) is 5.02 Å². The lowest BCUT2D eigenvalue weighted by atomic mass is 10.3. The lowest BCUT2D eigenvalue weighted by Gasteiger charge is -2.08. The van der Waals surface area contributed by atoms with Crippen LogP contribution in [-0.4, -0.2) is 0 Å². The third-order valence-electron chi connectivity index (χ3n) is 2.19. The Balaban J connectivity index is 1.71. The minimum atomic E-state index is -1.40. The number of fused-ring (bicyclic) bond motifs is 1. The van der Waals surface area contributed by atoms with E-state index in [0.29, 0.717) is 22.3 Å². The molecule has 0 saturated carbocycles. The molecule has 0 atom stereocenters. The van der Waals surface area contributed by atoms with E-state index in [4.69, 9.17) is 25.2 Å². The first kappa shape index (κ1) is 10.7.